The van der Waals surface area contributed by atoms with Gasteiger partial charge in [-0.2, -0.15) is 0 Å². The van der Waals surface area contributed by atoms with Crippen LogP contribution < -0.4 is 5.32 Å². The molecule has 9 nitrogen and oxygen atoms in total. The van der Waals surface area contributed by atoms with Crippen molar-refractivity contribution < 1.29 is 32.6 Å². The molecule has 1 heterocycles. The van der Waals surface area contributed by atoms with E-state index in [9.17, 15) is 22.8 Å². The number of ether oxygens (including phenoxy) is 1. The summed E-state index contributed by atoms with van der Waals surface area (Å²) >= 11 is 0. The van der Waals surface area contributed by atoms with E-state index < -0.39 is 45.0 Å². The molecule has 2 aromatic carbocycles. The van der Waals surface area contributed by atoms with Gasteiger partial charge in [-0.15, -0.1) is 0 Å². The van der Waals surface area contributed by atoms with E-state index >= 15 is 0 Å². The standard InChI is InChI=1S/C25H28N2O7S/c1-25(2,23(30)27-11-12-35(32,33)16(14-27)13-22(28)29)26-24(31)34-15-21-19-9-5-3-7-17(19)18-8-4-6-10-20(18)21/h3-10,16,21H,11-15H2,1-2H3,(H,26,31)(H,28,29). The van der Waals surface area contributed by atoms with Crippen LogP contribution in [0.3, 0.4) is 0 Å². The van der Waals surface area contributed by atoms with Gasteiger partial charge in [0.1, 0.15) is 12.1 Å². The number of nitrogens with one attached hydrogen (secondary N) is 1. The predicted molar refractivity (Wildman–Crippen MR) is 129 cm³/mol. The number of fused-ring (bicyclic) bond motifs is 3. The van der Waals surface area contributed by atoms with Gasteiger partial charge in [0.25, 0.3) is 0 Å². The first-order chi connectivity index (χ1) is 16.5. The third-order valence-electron chi connectivity index (χ3n) is 6.56. The van der Waals surface area contributed by atoms with Gasteiger partial charge in [-0.3, -0.25) is 9.59 Å². The van der Waals surface area contributed by atoms with Crippen LogP contribution in [-0.4, -0.2) is 72.6 Å². The van der Waals surface area contributed by atoms with E-state index in [0.717, 1.165) is 22.3 Å². The maximum absolute atomic E-state index is 13.1. The lowest BCUT2D eigenvalue weighted by Gasteiger charge is -2.37. The second kappa shape index (κ2) is 9.33. The van der Waals surface area contributed by atoms with E-state index in [1.807, 2.05) is 48.5 Å². The fourth-order valence-corrected chi connectivity index (χ4v) is 6.38. The summed E-state index contributed by atoms with van der Waals surface area (Å²) in [5, 5.41) is 10.4. The van der Waals surface area contributed by atoms with Crippen molar-refractivity contribution in [2.45, 2.75) is 37.0 Å². The van der Waals surface area contributed by atoms with Crippen molar-refractivity contribution in [3.63, 3.8) is 0 Å². The van der Waals surface area contributed by atoms with E-state index in [1.54, 1.807) is 0 Å². The van der Waals surface area contributed by atoms with E-state index in [1.165, 1.54) is 18.7 Å². The summed E-state index contributed by atoms with van der Waals surface area (Å²) in [7, 11) is -3.61. The lowest BCUT2D eigenvalue weighted by atomic mass is 9.98. The molecular formula is C25H28N2O7S. The van der Waals surface area contributed by atoms with Crippen molar-refractivity contribution in [1.82, 2.24) is 10.2 Å². The molecule has 1 aliphatic carbocycles. The number of nitrogens with zero attached hydrogens (tertiary/aromatic N) is 1. The number of alkyl carbamates (subject to hydrolysis) is 1. The molecule has 1 fully saturated rings. The summed E-state index contributed by atoms with van der Waals surface area (Å²) in [6.07, 6.45) is -1.34. The number of sulfone groups is 1. The van der Waals surface area contributed by atoms with Gasteiger partial charge in [-0.25, -0.2) is 13.2 Å². The van der Waals surface area contributed by atoms with Gasteiger partial charge < -0.3 is 20.1 Å². The van der Waals surface area contributed by atoms with Crippen LogP contribution >= 0.6 is 0 Å². The third kappa shape index (κ3) is 5.02. The minimum atomic E-state index is -3.61. The summed E-state index contributed by atoms with van der Waals surface area (Å²) in [5.41, 5.74) is 2.95. The Hall–Kier alpha value is -3.40. The molecule has 2 amide bonds. The minimum Gasteiger partial charge on any atom is -0.481 e. The maximum Gasteiger partial charge on any atom is 0.408 e. The zero-order valence-corrected chi connectivity index (χ0v) is 20.4. The lowest BCUT2D eigenvalue weighted by molar-refractivity contribution is -0.139. The van der Waals surface area contributed by atoms with Crippen LogP contribution in [-0.2, 0) is 24.2 Å². The highest BCUT2D eigenvalue weighted by Crippen LogP contribution is 2.44. The Balaban J connectivity index is 1.40. The molecule has 2 N–H and O–H groups in total. The van der Waals surface area contributed by atoms with Gasteiger partial charge in [-0.05, 0) is 36.1 Å². The minimum absolute atomic E-state index is 0.0624. The highest BCUT2D eigenvalue weighted by atomic mass is 32.2. The van der Waals surface area contributed by atoms with Crippen molar-refractivity contribution in [3.8, 4) is 11.1 Å². The van der Waals surface area contributed by atoms with Crippen LogP contribution in [0.1, 0.15) is 37.3 Å². The highest BCUT2D eigenvalue weighted by Gasteiger charge is 2.41. The summed E-state index contributed by atoms with van der Waals surface area (Å²) in [4.78, 5) is 38.1. The molecule has 186 valence electrons. The zero-order chi connectivity index (χ0) is 25.4. The number of carboxylic acids is 1. The number of carbonyl (C=O) groups excluding carboxylic acids is 2. The van der Waals surface area contributed by atoms with Crippen LogP contribution in [0.25, 0.3) is 11.1 Å². The second-order valence-electron chi connectivity index (χ2n) is 9.41. The Morgan fingerprint density at radius 2 is 1.63 bits per heavy atom. The van der Waals surface area contributed by atoms with Crippen molar-refractivity contribution in [3.05, 3.63) is 59.7 Å². The molecule has 4 rings (SSSR count). The molecule has 0 bridgehead atoms. The Kier molecular flexibility index (Phi) is 6.59. The molecule has 0 spiro atoms. The zero-order valence-electron chi connectivity index (χ0n) is 19.6. The number of carbonyl (C=O) groups is 3. The fraction of sp³-hybridized carbons (Fsp3) is 0.400. The molecule has 2 aromatic rings. The average molecular weight is 501 g/mol. The Morgan fingerprint density at radius 1 is 1.06 bits per heavy atom. The molecule has 0 aromatic heterocycles. The van der Waals surface area contributed by atoms with Gasteiger partial charge in [0, 0.05) is 19.0 Å². The summed E-state index contributed by atoms with van der Waals surface area (Å²) < 4.78 is 29.9. The molecule has 0 saturated carbocycles. The van der Waals surface area contributed by atoms with Gasteiger partial charge in [0.2, 0.25) is 5.91 Å². The first kappa shape index (κ1) is 24.7. The molecule has 1 aliphatic heterocycles. The highest BCUT2D eigenvalue weighted by molar-refractivity contribution is 7.92. The topological polar surface area (TPSA) is 130 Å². The van der Waals surface area contributed by atoms with Gasteiger partial charge in [-0.1, -0.05) is 48.5 Å². The maximum atomic E-state index is 13.1. The normalized spacial score (nSPS) is 18.9. The lowest BCUT2D eigenvalue weighted by Crippen LogP contribution is -2.60. The Morgan fingerprint density at radius 3 is 2.20 bits per heavy atom. The number of amides is 2. The number of hydrogen-bond acceptors (Lipinski definition) is 6. The van der Waals surface area contributed by atoms with Gasteiger partial charge in [0.15, 0.2) is 9.84 Å². The van der Waals surface area contributed by atoms with Crippen LogP contribution in [0, 0.1) is 0 Å². The molecule has 1 unspecified atom stereocenters. The molecule has 35 heavy (non-hydrogen) atoms. The smallest absolute Gasteiger partial charge is 0.408 e. The summed E-state index contributed by atoms with van der Waals surface area (Å²) in [5.74, 6) is -2.20. The van der Waals surface area contributed by atoms with Crippen LogP contribution in [0.4, 0.5) is 4.79 Å². The number of aliphatic carboxylic acids is 1. The quantitative estimate of drug-likeness (QED) is 0.623. The number of carboxylic acid groups (broad SMARTS) is 1. The van der Waals surface area contributed by atoms with Gasteiger partial charge >= 0.3 is 12.1 Å². The first-order valence-corrected chi connectivity index (χ1v) is 13.1. The molecule has 1 atom stereocenters. The number of rotatable bonds is 6. The molecule has 10 heteroatoms. The van der Waals surface area contributed by atoms with Crippen LogP contribution in [0.15, 0.2) is 48.5 Å². The Bertz CT molecular complexity index is 1230. The predicted octanol–water partition coefficient (Wildman–Crippen LogP) is 2.40. The van der Waals surface area contributed by atoms with E-state index in [0.29, 0.717) is 0 Å². The van der Waals surface area contributed by atoms with Crippen molar-refractivity contribution in [1.29, 1.82) is 0 Å². The summed E-state index contributed by atoms with van der Waals surface area (Å²) in [6.45, 7) is 2.81. The third-order valence-corrected chi connectivity index (χ3v) is 8.64. The van der Waals surface area contributed by atoms with Crippen molar-refractivity contribution in [2.24, 2.45) is 0 Å². The van der Waals surface area contributed by atoms with E-state index in [-0.39, 0.29) is 31.4 Å². The number of hydrogen-bond donors (Lipinski definition) is 2. The Labute approximate surface area is 204 Å². The summed E-state index contributed by atoms with van der Waals surface area (Å²) in [6, 6.07) is 15.9. The van der Waals surface area contributed by atoms with E-state index in [2.05, 4.69) is 5.32 Å². The van der Waals surface area contributed by atoms with Crippen LogP contribution in [0.5, 0.6) is 0 Å². The first-order valence-electron chi connectivity index (χ1n) is 11.4. The van der Waals surface area contributed by atoms with Crippen molar-refractivity contribution in [2.75, 3.05) is 25.4 Å². The SMILES string of the molecule is CC(C)(NC(=O)OCC1c2ccccc2-c2ccccc21)C(=O)N1CCS(=O)(=O)C(CC(=O)O)C1. The molecule has 0 radical (unpaired) electrons. The fourth-order valence-electron chi connectivity index (χ4n) is 4.76. The molecular weight excluding hydrogens is 472 g/mol. The van der Waals surface area contributed by atoms with E-state index in [4.69, 9.17) is 9.84 Å². The van der Waals surface area contributed by atoms with Crippen LogP contribution in [0.2, 0.25) is 0 Å². The molecule has 1 saturated heterocycles. The second-order valence-corrected chi connectivity index (χ2v) is 11.8. The molecule has 2 aliphatic rings. The largest absolute Gasteiger partial charge is 0.481 e. The monoisotopic (exact) mass is 500 g/mol. The average Bonchev–Trinajstić information content (AvgIpc) is 3.12. The number of benzene rings is 2. The van der Waals surface area contributed by atoms with Gasteiger partial charge in [0.05, 0.1) is 17.4 Å². The van der Waals surface area contributed by atoms with Crippen molar-refractivity contribution >= 4 is 27.8 Å².